The second kappa shape index (κ2) is 3.87. The number of nitrogens with one attached hydrogen (secondary N) is 1. The summed E-state index contributed by atoms with van der Waals surface area (Å²) in [4.78, 5) is 4.21. The van der Waals surface area contributed by atoms with Gasteiger partial charge in [-0.15, -0.1) is 0 Å². The van der Waals surface area contributed by atoms with E-state index in [9.17, 15) is 8.42 Å². The number of pyridine rings is 1. The van der Waals surface area contributed by atoms with Crippen LogP contribution in [0.25, 0.3) is 0 Å². The zero-order valence-electron chi connectivity index (χ0n) is 10.0. The Morgan fingerprint density at radius 2 is 2.24 bits per heavy atom. The molecule has 2 rings (SSSR count). The molecule has 0 aromatic carbocycles. The molecule has 5 nitrogen and oxygen atoms in total. The number of hydrogen-bond acceptors (Lipinski definition) is 5. The van der Waals surface area contributed by atoms with Gasteiger partial charge in [0.1, 0.15) is 5.82 Å². The Hall–Kier alpha value is -1.30. The number of sulfone groups is 1. The Morgan fingerprint density at radius 1 is 1.53 bits per heavy atom. The van der Waals surface area contributed by atoms with Gasteiger partial charge < -0.3 is 11.1 Å². The second-order valence-corrected chi connectivity index (χ2v) is 7.14. The van der Waals surface area contributed by atoms with Gasteiger partial charge in [0.05, 0.1) is 17.0 Å². The van der Waals surface area contributed by atoms with E-state index in [4.69, 9.17) is 5.73 Å². The van der Waals surface area contributed by atoms with Crippen molar-refractivity contribution < 1.29 is 8.42 Å². The molecule has 1 unspecified atom stereocenters. The van der Waals surface area contributed by atoms with Crippen molar-refractivity contribution in [3.05, 3.63) is 17.8 Å². The van der Waals surface area contributed by atoms with E-state index in [0.717, 1.165) is 5.56 Å². The minimum atomic E-state index is -2.91. The van der Waals surface area contributed by atoms with Crippen LogP contribution in [0.1, 0.15) is 18.9 Å². The molecule has 0 amide bonds. The third kappa shape index (κ3) is 2.69. The first kappa shape index (κ1) is 12.2. The highest BCUT2D eigenvalue weighted by molar-refractivity contribution is 7.91. The average Bonchev–Trinajstić information content (AvgIpc) is 2.47. The minimum Gasteiger partial charge on any atom is -0.398 e. The van der Waals surface area contributed by atoms with Crippen molar-refractivity contribution in [3.63, 3.8) is 0 Å². The van der Waals surface area contributed by atoms with Crippen LogP contribution in [-0.4, -0.2) is 30.4 Å². The van der Waals surface area contributed by atoms with Crippen molar-refractivity contribution >= 4 is 21.3 Å². The Bertz CT molecular complexity index is 542. The van der Waals surface area contributed by atoms with Crippen molar-refractivity contribution in [2.75, 3.05) is 22.6 Å². The van der Waals surface area contributed by atoms with Crippen LogP contribution >= 0.6 is 0 Å². The van der Waals surface area contributed by atoms with E-state index in [1.54, 1.807) is 12.3 Å². The van der Waals surface area contributed by atoms with Gasteiger partial charge in [-0.1, -0.05) is 0 Å². The van der Waals surface area contributed by atoms with E-state index < -0.39 is 15.4 Å². The molecular weight excluding hydrogens is 238 g/mol. The quantitative estimate of drug-likeness (QED) is 0.822. The monoisotopic (exact) mass is 255 g/mol. The molecule has 0 bridgehead atoms. The SMILES string of the molecule is Cc1cnc(NC2(C)CCS(=O)(=O)C2)cc1N. The van der Waals surface area contributed by atoms with Crippen molar-refractivity contribution in [1.82, 2.24) is 4.98 Å². The Morgan fingerprint density at radius 3 is 2.76 bits per heavy atom. The maximum atomic E-state index is 11.5. The molecular formula is C11H17N3O2S. The van der Waals surface area contributed by atoms with Crippen LogP contribution in [0, 0.1) is 6.92 Å². The first-order valence-electron chi connectivity index (χ1n) is 5.50. The number of nitrogens with two attached hydrogens (primary N) is 1. The molecule has 2 heterocycles. The summed E-state index contributed by atoms with van der Waals surface area (Å²) in [5.41, 5.74) is 6.93. The van der Waals surface area contributed by atoms with Gasteiger partial charge in [-0.3, -0.25) is 0 Å². The molecule has 1 aromatic heterocycles. The fourth-order valence-corrected chi connectivity index (χ4v) is 4.12. The predicted molar refractivity (Wildman–Crippen MR) is 68.7 cm³/mol. The van der Waals surface area contributed by atoms with E-state index in [1.165, 1.54) is 0 Å². The molecule has 0 radical (unpaired) electrons. The summed E-state index contributed by atoms with van der Waals surface area (Å²) in [5.74, 6) is 1.01. The van der Waals surface area contributed by atoms with Crippen molar-refractivity contribution in [3.8, 4) is 0 Å². The zero-order valence-corrected chi connectivity index (χ0v) is 10.8. The van der Waals surface area contributed by atoms with Crippen LogP contribution in [-0.2, 0) is 9.84 Å². The number of anilines is 2. The van der Waals surface area contributed by atoms with Gasteiger partial charge in [-0.05, 0) is 25.8 Å². The van der Waals surface area contributed by atoms with Gasteiger partial charge in [-0.25, -0.2) is 13.4 Å². The molecule has 1 fully saturated rings. The maximum absolute atomic E-state index is 11.5. The highest BCUT2D eigenvalue weighted by Crippen LogP contribution is 2.27. The molecule has 1 saturated heterocycles. The van der Waals surface area contributed by atoms with Crippen molar-refractivity contribution in [2.24, 2.45) is 0 Å². The highest BCUT2D eigenvalue weighted by atomic mass is 32.2. The molecule has 17 heavy (non-hydrogen) atoms. The molecule has 1 aromatic rings. The Labute approximate surface area is 101 Å². The van der Waals surface area contributed by atoms with E-state index in [-0.39, 0.29) is 11.5 Å². The third-order valence-corrected chi connectivity index (χ3v) is 4.98. The minimum absolute atomic E-state index is 0.148. The highest BCUT2D eigenvalue weighted by Gasteiger charge is 2.38. The third-order valence-electron chi connectivity index (χ3n) is 3.08. The lowest BCUT2D eigenvalue weighted by Crippen LogP contribution is -2.36. The maximum Gasteiger partial charge on any atom is 0.152 e. The van der Waals surface area contributed by atoms with Crippen LogP contribution in [0.3, 0.4) is 0 Å². The number of rotatable bonds is 2. The number of nitrogens with zero attached hydrogens (tertiary/aromatic N) is 1. The van der Waals surface area contributed by atoms with E-state index >= 15 is 0 Å². The summed E-state index contributed by atoms with van der Waals surface area (Å²) >= 11 is 0. The van der Waals surface area contributed by atoms with Crippen molar-refractivity contribution in [2.45, 2.75) is 25.8 Å². The number of aryl methyl sites for hydroxylation is 1. The van der Waals surface area contributed by atoms with Crippen molar-refractivity contribution in [1.29, 1.82) is 0 Å². The summed E-state index contributed by atoms with van der Waals surface area (Å²) < 4.78 is 22.9. The van der Waals surface area contributed by atoms with Crippen LogP contribution in [0.2, 0.25) is 0 Å². The molecule has 1 atom stereocenters. The summed E-state index contributed by atoms with van der Waals surface area (Å²) in [6.07, 6.45) is 2.29. The van der Waals surface area contributed by atoms with Crippen LogP contribution in [0.15, 0.2) is 12.3 Å². The van der Waals surface area contributed by atoms with Crippen LogP contribution < -0.4 is 11.1 Å². The van der Waals surface area contributed by atoms with Gasteiger partial charge in [0, 0.05) is 18.0 Å². The molecule has 94 valence electrons. The zero-order chi connectivity index (χ0) is 12.7. The molecule has 1 aliphatic rings. The predicted octanol–water partition coefficient (Wildman–Crippen LogP) is 0.961. The molecule has 0 aliphatic carbocycles. The summed E-state index contributed by atoms with van der Waals surface area (Å²) in [7, 11) is -2.91. The number of hydrogen-bond donors (Lipinski definition) is 2. The Balaban J connectivity index is 2.19. The van der Waals surface area contributed by atoms with E-state index in [2.05, 4.69) is 10.3 Å². The van der Waals surface area contributed by atoms with Gasteiger partial charge in [-0.2, -0.15) is 0 Å². The van der Waals surface area contributed by atoms with Gasteiger partial charge in [0.2, 0.25) is 0 Å². The van der Waals surface area contributed by atoms with Gasteiger partial charge in [0.15, 0.2) is 9.84 Å². The largest absolute Gasteiger partial charge is 0.398 e. The second-order valence-electron chi connectivity index (χ2n) is 4.95. The lowest BCUT2D eigenvalue weighted by molar-refractivity contribution is 0.572. The standard InChI is InChI=1S/C11H17N3O2S/c1-8-6-13-10(5-9(8)12)14-11(2)3-4-17(15,16)7-11/h5-6H,3-4,7H2,1-2H3,(H3,12,13,14). The molecule has 3 N–H and O–H groups in total. The summed E-state index contributed by atoms with van der Waals surface area (Å²) in [6.45, 7) is 3.78. The Kier molecular flexibility index (Phi) is 2.77. The average molecular weight is 255 g/mol. The first-order valence-corrected chi connectivity index (χ1v) is 7.33. The van der Waals surface area contributed by atoms with E-state index in [1.807, 2.05) is 13.8 Å². The lowest BCUT2D eigenvalue weighted by Gasteiger charge is -2.24. The fraction of sp³-hybridized carbons (Fsp3) is 0.545. The van der Waals surface area contributed by atoms with Gasteiger partial charge >= 0.3 is 0 Å². The van der Waals surface area contributed by atoms with Crippen LogP contribution in [0.4, 0.5) is 11.5 Å². The molecule has 0 spiro atoms. The lowest BCUT2D eigenvalue weighted by atomic mass is 10.0. The smallest absolute Gasteiger partial charge is 0.152 e. The normalized spacial score (nSPS) is 26.9. The summed E-state index contributed by atoms with van der Waals surface area (Å²) in [5, 5.41) is 3.17. The topological polar surface area (TPSA) is 85.1 Å². The van der Waals surface area contributed by atoms with Crippen LogP contribution in [0.5, 0.6) is 0 Å². The fourth-order valence-electron chi connectivity index (χ4n) is 2.03. The summed E-state index contributed by atoms with van der Waals surface area (Å²) in [6, 6.07) is 1.74. The first-order chi connectivity index (χ1) is 7.80. The van der Waals surface area contributed by atoms with Gasteiger partial charge in [0.25, 0.3) is 0 Å². The molecule has 6 heteroatoms. The van der Waals surface area contributed by atoms with E-state index in [0.29, 0.717) is 17.9 Å². The number of nitrogen functional groups attached to an aromatic ring is 1. The molecule has 1 aliphatic heterocycles. The molecule has 0 saturated carbocycles. The number of aromatic nitrogens is 1.